The number of aromatic amines is 1. The number of nitrogens with one attached hydrogen (secondary N) is 1. The third-order valence-electron chi connectivity index (χ3n) is 6.25. The average Bonchev–Trinajstić information content (AvgIpc) is 3.21. The Morgan fingerprint density at radius 3 is 1.98 bits per heavy atom. The Morgan fingerprint density at radius 1 is 1.07 bits per heavy atom. The number of H-pyrrole nitrogens is 1. The second kappa shape index (κ2) is 17.5. The Balaban J connectivity index is 0.00000474. The highest BCUT2D eigenvalue weighted by molar-refractivity contribution is 8.14. The number of aromatic nitrogens is 2. The van der Waals surface area contributed by atoms with Gasteiger partial charge in [0.25, 0.3) is 5.56 Å². The zero-order valence-corrected chi connectivity index (χ0v) is 28.0. The van der Waals surface area contributed by atoms with Gasteiger partial charge in [-0.15, -0.1) is 0 Å². The lowest BCUT2D eigenvalue weighted by molar-refractivity contribution is -0.120. The van der Waals surface area contributed by atoms with Crippen molar-refractivity contribution < 1.29 is 52.2 Å². The van der Waals surface area contributed by atoms with E-state index in [1.54, 1.807) is 27.7 Å². The van der Waals surface area contributed by atoms with Crippen LogP contribution in [0.25, 0.3) is 0 Å². The van der Waals surface area contributed by atoms with Crippen molar-refractivity contribution in [3.05, 3.63) is 33.1 Å². The Hall–Kier alpha value is -1.44. The SMILES string of the molecule is CC(C)(CO)C(=O)SCCOP(=O)(OCCSC(=O)C(C)(C)CO)OC[C@@]1(C)O[C@@H](n2ccc(=O)[nH]c2=O)[C@H](F)[C@@H]1O.CN. The van der Waals surface area contributed by atoms with Crippen molar-refractivity contribution in [2.45, 2.75) is 58.7 Å². The van der Waals surface area contributed by atoms with E-state index in [-0.39, 0.29) is 48.2 Å². The molecule has 44 heavy (non-hydrogen) atoms. The normalized spacial score (nSPS) is 22.4. The predicted molar refractivity (Wildman–Crippen MR) is 163 cm³/mol. The molecule has 1 aliphatic heterocycles. The summed E-state index contributed by atoms with van der Waals surface area (Å²) >= 11 is 1.66. The minimum atomic E-state index is -4.46. The number of nitrogens with zero attached hydrogens (tertiary/aromatic N) is 1. The van der Waals surface area contributed by atoms with Gasteiger partial charge in [0.15, 0.2) is 22.6 Å². The summed E-state index contributed by atoms with van der Waals surface area (Å²) in [5.41, 5.74) is -1.06. The summed E-state index contributed by atoms with van der Waals surface area (Å²) in [6.07, 6.45) is -4.65. The van der Waals surface area contributed by atoms with Gasteiger partial charge in [0.2, 0.25) is 0 Å². The highest BCUT2D eigenvalue weighted by Crippen LogP contribution is 2.52. The van der Waals surface area contributed by atoms with Crippen molar-refractivity contribution in [3.63, 3.8) is 0 Å². The summed E-state index contributed by atoms with van der Waals surface area (Å²) in [6, 6.07) is 0.973. The van der Waals surface area contributed by atoms with Gasteiger partial charge < -0.3 is 25.8 Å². The van der Waals surface area contributed by atoms with E-state index in [0.717, 1.165) is 40.4 Å². The fraction of sp³-hybridized carbons (Fsp3) is 0.760. The number of thioether (sulfide) groups is 2. The molecule has 0 saturated carbocycles. The van der Waals surface area contributed by atoms with Crippen molar-refractivity contribution >= 4 is 41.6 Å². The van der Waals surface area contributed by atoms with E-state index in [4.69, 9.17) is 18.3 Å². The maximum Gasteiger partial charge on any atom is 0.474 e. The molecule has 2 heterocycles. The second-order valence-corrected chi connectivity index (χ2v) is 14.8. The topological polar surface area (TPSA) is 230 Å². The lowest BCUT2D eigenvalue weighted by Crippen LogP contribution is -2.43. The maximum absolute atomic E-state index is 15.0. The number of hydrogen-bond donors (Lipinski definition) is 5. The average molecular weight is 692 g/mol. The first-order valence-electron chi connectivity index (χ1n) is 13.4. The number of carbonyl (C=O) groups excluding carboxylic acids is 2. The Morgan fingerprint density at radius 2 is 1.55 bits per heavy atom. The largest absolute Gasteiger partial charge is 0.474 e. The summed E-state index contributed by atoms with van der Waals surface area (Å²) in [7, 11) is -2.96. The van der Waals surface area contributed by atoms with Gasteiger partial charge in [-0.1, -0.05) is 23.5 Å². The van der Waals surface area contributed by atoms with E-state index in [1.807, 2.05) is 4.98 Å². The van der Waals surface area contributed by atoms with Crippen LogP contribution in [0.3, 0.4) is 0 Å². The van der Waals surface area contributed by atoms with Crippen molar-refractivity contribution in [3.8, 4) is 0 Å². The number of nitrogens with two attached hydrogens (primary N) is 1. The van der Waals surface area contributed by atoms with Crippen LogP contribution in [0.15, 0.2) is 21.9 Å². The van der Waals surface area contributed by atoms with Crippen LogP contribution in [0, 0.1) is 10.8 Å². The van der Waals surface area contributed by atoms with Crippen LogP contribution in [0.4, 0.5) is 4.39 Å². The van der Waals surface area contributed by atoms with E-state index >= 15 is 4.39 Å². The van der Waals surface area contributed by atoms with Crippen LogP contribution >= 0.6 is 31.3 Å². The van der Waals surface area contributed by atoms with Gasteiger partial charge in [0.1, 0.15) is 11.7 Å². The molecule has 0 spiro atoms. The molecular formula is C25H43FN3O12PS2. The van der Waals surface area contributed by atoms with Gasteiger partial charge in [0.05, 0.1) is 43.9 Å². The zero-order valence-electron chi connectivity index (χ0n) is 25.5. The summed E-state index contributed by atoms with van der Waals surface area (Å²) in [5, 5.41) is 28.6. The van der Waals surface area contributed by atoms with E-state index in [0.29, 0.717) is 0 Å². The lowest BCUT2D eigenvalue weighted by Gasteiger charge is -2.29. The third kappa shape index (κ3) is 11.1. The molecule has 19 heteroatoms. The van der Waals surface area contributed by atoms with E-state index < -0.39 is 60.6 Å². The highest BCUT2D eigenvalue weighted by Gasteiger charge is 2.54. The number of carbonyl (C=O) groups is 2. The molecule has 6 N–H and O–H groups in total. The van der Waals surface area contributed by atoms with E-state index in [9.17, 15) is 39.1 Å². The number of halogens is 1. The third-order valence-corrected chi connectivity index (χ3v) is 10.1. The molecule has 0 unspecified atom stereocenters. The summed E-state index contributed by atoms with van der Waals surface area (Å²) in [5.74, 6) is 0.0219. The fourth-order valence-corrected chi connectivity index (χ4v) is 6.40. The number of phosphoric ester groups is 1. The van der Waals surface area contributed by atoms with E-state index in [1.165, 1.54) is 14.0 Å². The first-order chi connectivity index (χ1) is 20.4. The predicted octanol–water partition coefficient (Wildman–Crippen LogP) is 0.813. The Bertz CT molecular complexity index is 1220. The second-order valence-electron chi connectivity index (χ2n) is 11.0. The van der Waals surface area contributed by atoms with Gasteiger partial charge in [-0.2, -0.15) is 0 Å². The fourth-order valence-electron chi connectivity index (χ4n) is 3.27. The van der Waals surface area contributed by atoms with Crippen LogP contribution in [0.2, 0.25) is 0 Å². The molecule has 1 aromatic rings. The number of aliphatic hydroxyl groups excluding tert-OH is 3. The monoisotopic (exact) mass is 691 g/mol. The van der Waals surface area contributed by atoms with E-state index in [2.05, 4.69) is 5.73 Å². The molecule has 0 amide bonds. The first kappa shape index (κ1) is 40.6. The molecule has 15 nitrogen and oxygen atoms in total. The molecule has 4 atom stereocenters. The molecule has 1 fully saturated rings. The van der Waals surface area contributed by atoms with Gasteiger partial charge in [-0.05, 0) is 41.7 Å². The number of aliphatic hydroxyl groups is 3. The molecule has 0 aromatic carbocycles. The molecule has 1 aromatic heterocycles. The molecule has 2 rings (SSSR count). The van der Waals surface area contributed by atoms with Crippen molar-refractivity contribution in [1.29, 1.82) is 0 Å². The number of hydrogen-bond acceptors (Lipinski definition) is 15. The quantitative estimate of drug-likeness (QED) is 0.119. The van der Waals surface area contributed by atoms with Crippen LogP contribution < -0.4 is 17.0 Å². The smallest absolute Gasteiger partial charge is 0.395 e. The number of rotatable bonds is 16. The van der Waals surface area contributed by atoms with Gasteiger partial charge >= 0.3 is 13.5 Å². The molecular weight excluding hydrogens is 648 g/mol. The molecule has 0 bridgehead atoms. The number of ether oxygens (including phenoxy) is 1. The van der Waals surface area contributed by atoms with Crippen LogP contribution in [-0.2, 0) is 32.5 Å². The van der Waals surface area contributed by atoms with Crippen LogP contribution in [-0.4, -0.2) is 105 Å². The maximum atomic E-state index is 15.0. The molecule has 1 saturated heterocycles. The minimum absolute atomic E-state index is 0.0110. The Labute approximate surface area is 263 Å². The summed E-state index contributed by atoms with van der Waals surface area (Å²) < 4.78 is 51.0. The lowest BCUT2D eigenvalue weighted by atomic mass is 9.97. The first-order valence-corrected chi connectivity index (χ1v) is 16.8. The van der Waals surface area contributed by atoms with Crippen LogP contribution in [0.1, 0.15) is 40.8 Å². The van der Waals surface area contributed by atoms with Crippen molar-refractivity contribution in [2.75, 3.05) is 51.6 Å². The highest BCUT2D eigenvalue weighted by atomic mass is 32.2. The van der Waals surface area contributed by atoms with Gasteiger partial charge in [0, 0.05) is 23.8 Å². The molecule has 254 valence electrons. The number of phosphoric acid groups is 1. The molecule has 0 radical (unpaired) electrons. The molecule has 0 aliphatic carbocycles. The van der Waals surface area contributed by atoms with Crippen molar-refractivity contribution in [1.82, 2.24) is 9.55 Å². The van der Waals surface area contributed by atoms with Crippen LogP contribution in [0.5, 0.6) is 0 Å². The summed E-state index contributed by atoms with van der Waals surface area (Å²) in [4.78, 5) is 50.0. The molecule has 1 aliphatic rings. The number of alkyl halides is 1. The standard InChI is InChI=1S/C24H38FN2O12PS2.CH5N/c1-22(2,12-28)19(32)41-10-8-36-40(35,37-9-11-42-20(33)23(3,4)13-29)38-14-24(5)17(31)16(25)18(39-24)27-7-6-15(30)26-21(27)34;1-2/h6-7,16-18,28-29,31H,8-14H2,1-5H3,(H,26,30,34);2H2,1H3/t16-,17+,18-,24-;/m1./s1. The summed E-state index contributed by atoms with van der Waals surface area (Å²) in [6.45, 7) is 5.37. The Kier molecular flexibility index (Phi) is 16.1. The zero-order chi connectivity index (χ0) is 33.9. The van der Waals surface area contributed by atoms with Crippen molar-refractivity contribution in [2.24, 2.45) is 16.6 Å². The van der Waals surface area contributed by atoms with Gasteiger partial charge in [-0.3, -0.25) is 37.5 Å². The minimum Gasteiger partial charge on any atom is -0.395 e. The van der Waals surface area contributed by atoms with Gasteiger partial charge in [-0.25, -0.2) is 13.8 Å².